The Hall–Kier alpha value is -2.16. The first-order chi connectivity index (χ1) is 11.0. The van der Waals surface area contributed by atoms with Crippen LogP contribution in [0.15, 0.2) is 0 Å². The van der Waals surface area contributed by atoms with Crippen molar-refractivity contribution < 1.29 is 24.3 Å². The summed E-state index contributed by atoms with van der Waals surface area (Å²) in [5.41, 5.74) is 5.39. The van der Waals surface area contributed by atoms with Crippen LogP contribution in [0.2, 0.25) is 0 Å². The highest BCUT2D eigenvalue weighted by atomic mass is 16.4. The van der Waals surface area contributed by atoms with Gasteiger partial charge in [-0.2, -0.15) is 0 Å². The molecule has 0 aromatic heterocycles. The Morgan fingerprint density at radius 2 is 1.25 bits per heavy atom. The molecule has 6 N–H and O–H groups in total. The van der Waals surface area contributed by atoms with Crippen LogP contribution >= 0.6 is 0 Å². The minimum atomic E-state index is -1.13. The molecule has 0 bridgehead atoms. The summed E-state index contributed by atoms with van der Waals surface area (Å²) >= 11 is 0. The zero-order valence-corrected chi connectivity index (χ0v) is 14.8. The third-order valence-corrected chi connectivity index (χ3v) is 3.24. The normalized spacial score (nSPS) is 15.8. The highest BCUT2D eigenvalue weighted by Crippen LogP contribution is 2.05. The molecule has 0 aromatic carbocycles. The van der Waals surface area contributed by atoms with Crippen LogP contribution in [-0.2, 0) is 19.2 Å². The van der Waals surface area contributed by atoms with Crippen LogP contribution in [0.5, 0.6) is 0 Å². The molecule has 4 unspecified atom stereocenters. The van der Waals surface area contributed by atoms with E-state index >= 15 is 0 Å². The number of carboxylic acid groups (broad SMARTS) is 1. The number of carboxylic acids is 1. The predicted octanol–water partition coefficient (Wildman–Crippen LogP) is -1.04. The molecule has 0 rings (SSSR count). The van der Waals surface area contributed by atoms with Crippen molar-refractivity contribution >= 4 is 23.7 Å². The largest absolute Gasteiger partial charge is 0.480 e. The Labute approximate surface area is 141 Å². The summed E-state index contributed by atoms with van der Waals surface area (Å²) in [6.07, 6.45) is 0.280. The number of nitrogens with two attached hydrogens (primary N) is 1. The van der Waals surface area contributed by atoms with E-state index in [0.29, 0.717) is 0 Å². The topological polar surface area (TPSA) is 151 Å². The quantitative estimate of drug-likeness (QED) is 0.360. The summed E-state index contributed by atoms with van der Waals surface area (Å²) in [6.45, 7) is 8.06. The molecule has 0 aliphatic carbocycles. The third-order valence-electron chi connectivity index (χ3n) is 3.24. The maximum atomic E-state index is 12.0. The minimum absolute atomic E-state index is 0.0878. The maximum absolute atomic E-state index is 12.0. The molecule has 0 aromatic rings. The van der Waals surface area contributed by atoms with Gasteiger partial charge in [-0.15, -0.1) is 0 Å². The Balaban J connectivity index is 4.60. The number of amides is 3. The molecule has 3 amide bonds. The average molecular weight is 344 g/mol. The Kier molecular flexibility index (Phi) is 8.97. The van der Waals surface area contributed by atoms with Gasteiger partial charge in [0.15, 0.2) is 0 Å². The maximum Gasteiger partial charge on any atom is 0.326 e. The fourth-order valence-electron chi connectivity index (χ4n) is 1.80. The molecule has 0 saturated carbocycles. The Morgan fingerprint density at radius 1 is 0.833 bits per heavy atom. The summed E-state index contributed by atoms with van der Waals surface area (Å²) in [7, 11) is 0. The van der Waals surface area contributed by atoms with E-state index in [1.165, 1.54) is 20.8 Å². The van der Waals surface area contributed by atoms with Crippen molar-refractivity contribution in [1.82, 2.24) is 16.0 Å². The van der Waals surface area contributed by atoms with Crippen LogP contribution in [0.1, 0.15) is 41.0 Å². The summed E-state index contributed by atoms with van der Waals surface area (Å²) < 4.78 is 0. The van der Waals surface area contributed by atoms with Gasteiger partial charge in [-0.3, -0.25) is 14.4 Å². The number of hydrogen-bond donors (Lipinski definition) is 5. The van der Waals surface area contributed by atoms with E-state index in [4.69, 9.17) is 10.8 Å². The second kappa shape index (κ2) is 9.86. The molecule has 138 valence electrons. The van der Waals surface area contributed by atoms with Crippen molar-refractivity contribution in [2.75, 3.05) is 0 Å². The van der Waals surface area contributed by atoms with Gasteiger partial charge in [-0.05, 0) is 33.1 Å². The molecule has 0 aliphatic heterocycles. The molecule has 0 saturated heterocycles. The molecule has 0 radical (unpaired) electrons. The van der Waals surface area contributed by atoms with Crippen molar-refractivity contribution in [2.24, 2.45) is 11.7 Å². The van der Waals surface area contributed by atoms with Crippen molar-refractivity contribution in [3.8, 4) is 0 Å². The van der Waals surface area contributed by atoms with Gasteiger partial charge in [0.25, 0.3) is 0 Å². The first kappa shape index (κ1) is 21.8. The fraction of sp³-hybridized carbons (Fsp3) is 0.733. The molecule has 0 aliphatic rings. The molecule has 0 heterocycles. The summed E-state index contributed by atoms with van der Waals surface area (Å²) in [4.78, 5) is 46.6. The van der Waals surface area contributed by atoms with Gasteiger partial charge in [-0.1, -0.05) is 13.8 Å². The fourth-order valence-corrected chi connectivity index (χ4v) is 1.80. The molecule has 4 atom stereocenters. The van der Waals surface area contributed by atoms with Gasteiger partial charge in [-0.25, -0.2) is 4.79 Å². The highest BCUT2D eigenvalue weighted by molar-refractivity contribution is 5.93. The van der Waals surface area contributed by atoms with Gasteiger partial charge >= 0.3 is 5.97 Å². The zero-order chi connectivity index (χ0) is 19.0. The Bertz CT molecular complexity index is 478. The van der Waals surface area contributed by atoms with Crippen LogP contribution in [0.4, 0.5) is 0 Å². The number of rotatable bonds is 9. The molecule has 24 heavy (non-hydrogen) atoms. The number of aliphatic carboxylic acids is 1. The van der Waals surface area contributed by atoms with Gasteiger partial charge in [0.1, 0.15) is 18.1 Å². The lowest BCUT2D eigenvalue weighted by atomic mass is 10.0. The SMILES string of the molecule is CC(C)CC(NC(=O)C(C)NC(=O)C(C)NC(=O)C(C)N)C(=O)O. The van der Waals surface area contributed by atoms with E-state index in [1.807, 2.05) is 13.8 Å². The van der Waals surface area contributed by atoms with E-state index in [2.05, 4.69) is 16.0 Å². The molecule has 9 nitrogen and oxygen atoms in total. The second-order valence-corrected chi connectivity index (χ2v) is 6.28. The van der Waals surface area contributed by atoms with E-state index in [1.54, 1.807) is 0 Å². The van der Waals surface area contributed by atoms with Crippen LogP contribution in [-0.4, -0.2) is 53.0 Å². The molecular formula is C15H28N4O5. The predicted molar refractivity (Wildman–Crippen MR) is 87.9 cm³/mol. The van der Waals surface area contributed by atoms with E-state index in [0.717, 1.165) is 0 Å². The summed E-state index contributed by atoms with van der Waals surface area (Å²) in [5, 5.41) is 16.3. The van der Waals surface area contributed by atoms with Crippen molar-refractivity contribution in [2.45, 2.75) is 65.2 Å². The number of nitrogens with one attached hydrogen (secondary N) is 3. The molecule has 0 spiro atoms. The molecular weight excluding hydrogens is 316 g/mol. The van der Waals surface area contributed by atoms with Crippen LogP contribution < -0.4 is 21.7 Å². The zero-order valence-electron chi connectivity index (χ0n) is 14.8. The lowest BCUT2D eigenvalue weighted by Crippen LogP contribution is -2.55. The van der Waals surface area contributed by atoms with Gasteiger partial charge in [0, 0.05) is 0 Å². The summed E-state index contributed by atoms with van der Waals surface area (Å²) in [6, 6.07) is -3.59. The van der Waals surface area contributed by atoms with E-state index in [9.17, 15) is 19.2 Å². The van der Waals surface area contributed by atoms with E-state index < -0.39 is 47.9 Å². The van der Waals surface area contributed by atoms with Crippen molar-refractivity contribution in [3.63, 3.8) is 0 Å². The summed E-state index contributed by atoms with van der Waals surface area (Å²) in [5.74, 6) is -2.71. The minimum Gasteiger partial charge on any atom is -0.480 e. The lowest BCUT2D eigenvalue weighted by Gasteiger charge is -2.21. The highest BCUT2D eigenvalue weighted by Gasteiger charge is 2.26. The van der Waals surface area contributed by atoms with Crippen molar-refractivity contribution in [3.05, 3.63) is 0 Å². The van der Waals surface area contributed by atoms with Crippen LogP contribution in [0, 0.1) is 5.92 Å². The number of hydrogen-bond acceptors (Lipinski definition) is 5. The smallest absolute Gasteiger partial charge is 0.326 e. The van der Waals surface area contributed by atoms with Crippen LogP contribution in [0.3, 0.4) is 0 Å². The van der Waals surface area contributed by atoms with E-state index in [-0.39, 0.29) is 12.3 Å². The average Bonchev–Trinajstić information content (AvgIpc) is 2.45. The lowest BCUT2D eigenvalue weighted by molar-refractivity contribution is -0.142. The standard InChI is InChI=1S/C15H28N4O5/c1-7(2)6-11(15(23)24)19-14(22)10(5)18-13(21)9(4)17-12(20)8(3)16/h7-11H,6,16H2,1-5H3,(H,17,20)(H,18,21)(H,19,22)(H,23,24). The molecule has 9 heteroatoms. The number of carbonyl (C=O) groups excluding carboxylic acids is 3. The third kappa shape index (κ3) is 7.91. The van der Waals surface area contributed by atoms with Gasteiger partial charge in [0.05, 0.1) is 6.04 Å². The number of carbonyl (C=O) groups is 4. The molecule has 0 fully saturated rings. The van der Waals surface area contributed by atoms with Gasteiger partial charge < -0.3 is 26.8 Å². The Morgan fingerprint density at radius 3 is 1.62 bits per heavy atom. The first-order valence-electron chi connectivity index (χ1n) is 7.85. The van der Waals surface area contributed by atoms with Crippen LogP contribution in [0.25, 0.3) is 0 Å². The van der Waals surface area contributed by atoms with Gasteiger partial charge in [0.2, 0.25) is 17.7 Å². The monoisotopic (exact) mass is 344 g/mol. The van der Waals surface area contributed by atoms with Crippen molar-refractivity contribution in [1.29, 1.82) is 0 Å². The second-order valence-electron chi connectivity index (χ2n) is 6.28. The first-order valence-corrected chi connectivity index (χ1v) is 7.85.